The van der Waals surface area contributed by atoms with E-state index in [9.17, 15) is 9.59 Å². The Balaban J connectivity index is 2.45. The molecule has 1 fully saturated rings. The van der Waals surface area contributed by atoms with Gasteiger partial charge in [-0.3, -0.25) is 9.59 Å². The molecule has 0 aromatic carbocycles. The van der Waals surface area contributed by atoms with Crippen LogP contribution in [0.15, 0.2) is 0 Å². The van der Waals surface area contributed by atoms with E-state index >= 15 is 0 Å². The lowest BCUT2D eigenvalue weighted by Crippen LogP contribution is -2.56. The molecule has 1 saturated heterocycles. The van der Waals surface area contributed by atoms with Gasteiger partial charge in [-0.15, -0.1) is 0 Å². The van der Waals surface area contributed by atoms with Crippen molar-refractivity contribution in [2.75, 3.05) is 13.2 Å². The number of hydrogen-bond acceptors (Lipinski definition) is 4. The van der Waals surface area contributed by atoms with Gasteiger partial charge < -0.3 is 21.5 Å². The molecule has 2 amide bonds. The van der Waals surface area contributed by atoms with Crippen LogP contribution in [0.25, 0.3) is 0 Å². The lowest BCUT2D eigenvalue weighted by molar-refractivity contribution is -0.129. The molecule has 1 aliphatic rings. The summed E-state index contributed by atoms with van der Waals surface area (Å²) in [5, 5.41) is 2.80. The van der Waals surface area contributed by atoms with Crippen LogP contribution in [-0.4, -0.2) is 36.6 Å². The smallest absolute Gasteiger partial charge is 0.237 e. The van der Waals surface area contributed by atoms with Crippen molar-refractivity contribution in [2.45, 2.75) is 37.8 Å². The highest BCUT2D eigenvalue weighted by atomic mass is 16.5. The lowest BCUT2D eigenvalue weighted by Gasteiger charge is -2.35. The molecule has 2 atom stereocenters. The number of ether oxygens (including phenoxy) is 1. The maximum atomic E-state index is 11.7. The minimum absolute atomic E-state index is 0.136. The summed E-state index contributed by atoms with van der Waals surface area (Å²) in [7, 11) is 0. The van der Waals surface area contributed by atoms with Crippen molar-refractivity contribution in [3.8, 4) is 0 Å². The molecule has 1 heterocycles. The molecule has 6 heteroatoms. The minimum Gasteiger partial charge on any atom is -0.379 e. The number of carbonyl (C=O) groups is 2. The highest BCUT2D eigenvalue weighted by Gasteiger charge is 2.31. The van der Waals surface area contributed by atoms with Gasteiger partial charge in [0.2, 0.25) is 11.8 Å². The van der Waals surface area contributed by atoms with E-state index in [0.29, 0.717) is 6.61 Å². The fourth-order valence-electron chi connectivity index (χ4n) is 1.73. The van der Waals surface area contributed by atoms with Crippen LogP contribution in [0, 0.1) is 0 Å². The van der Waals surface area contributed by atoms with Crippen LogP contribution in [-0.2, 0) is 14.3 Å². The molecule has 0 spiro atoms. The zero-order chi connectivity index (χ0) is 12.2. The van der Waals surface area contributed by atoms with E-state index in [4.69, 9.17) is 16.2 Å². The van der Waals surface area contributed by atoms with E-state index in [1.165, 1.54) is 0 Å². The predicted molar refractivity (Wildman–Crippen MR) is 58.4 cm³/mol. The molecule has 16 heavy (non-hydrogen) atoms. The van der Waals surface area contributed by atoms with Crippen LogP contribution in [0.4, 0.5) is 0 Å². The van der Waals surface area contributed by atoms with Crippen LogP contribution in [0.3, 0.4) is 0 Å². The van der Waals surface area contributed by atoms with Gasteiger partial charge in [-0.05, 0) is 19.8 Å². The number of hydrogen-bond donors (Lipinski definition) is 3. The first kappa shape index (κ1) is 12.9. The molecule has 92 valence electrons. The third-order valence-electron chi connectivity index (χ3n) is 2.62. The fourth-order valence-corrected chi connectivity index (χ4v) is 1.73. The molecule has 1 aliphatic heterocycles. The van der Waals surface area contributed by atoms with Crippen molar-refractivity contribution < 1.29 is 14.3 Å². The van der Waals surface area contributed by atoms with E-state index in [0.717, 1.165) is 19.4 Å². The summed E-state index contributed by atoms with van der Waals surface area (Å²) in [6.45, 7) is 3.10. The van der Waals surface area contributed by atoms with Gasteiger partial charge in [0.05, 0.1) is 24.6 Å². The second-order valence-corrected chi connectivity index (χ2v) is 4.48. The van der Waals surface area contributed by atoms with Gasteiger partial charge in [0.25, 0.3) is 0 Å². The minimum atomic E-state index is -0.878. The SMILES string of the molecule is CC1(NC(=O)C(N)CC(N)=O)CCCOC1. The summed E-state index contributed by atoms with van der Waals surface area (Å²) in [6.07, 6.45) is 1.62. The van der Waals surface area contributed by atoms with Crippen molar-refractivity contribution in [3.63, 3.8) is 0 Å². The van der Waals surface area contributed by atoms with Crippen LogP contribution in [0.2, 0.25) is 0 Å². The van der Waals surface area contributed by atoms with Crippen molar-refractivity contribution in [1.29, 1.82) is 0 Å². The van der Waals surface area contributed by atoms with Gasteiger partial charge >= 0.3 is 0 Å². The van der Waals surface area contributed by atoms with Crippen LogP contribution in [0.5, 0.6) is 0 Å². The lowest BCUT2D eigenvalue weighted by atomic mass is 9.94. The monoisotopic (exact) mass is 229 g/mol. The second-order valence-electron chi connectivity index (χ2n) is 4.48. The van der Waals surface area contributed by atoms with E-state index in [2.05, 4.69) is 5.32 Å². The molecule has 0 aliphatic carbocycles. The largest absolute Gasteiger partial charge is 0.379 e. The molecule has 0 bridgehead atoms. The molecule has 2 unspecified atom stereocenters. The molecule has 0 saturated carbocycles. The van der Waals surface area contributed by atoms with Gasteiger partial charge in [-0.25, -0.2) is 0 Å². The van der Waals surface area contributed by atoms with E-state index in [-0.39, 0.29) is 17.9 Å². The number of nitrogens with one attached hydrogen (secondary N) is 1. The molecule has 0 radical (unpaired) electrons. The Morgan fingerprint density at radius 3 is 2.75 bits per heavy atom. The van der Waals surface area contributed by atoms with Gasteiger partial charge in [0, 0.05) is 6.61 Å². The van der Waals surface area contributed by atoms with Gasteiger partial charge in [-0.1, -0.05) is 0 Å². The summed E-state index contributed by atoms with van der Waals surface area (Å²) < 4.78 is 5.30. The van der Waals surface area contributed by atoms with Crippen LogP contribution >= 0.6 is 0 Å². The molecular formula is C10H19N3O3. The Hall–Kier alpha value is -1.14. The normalized spacial score (nSPS) is 27.1. The Morgan fingerprint density at radius 1 is 1.56 bits per heavy atom. The van der Waals surface area contributed by atoms with Gasteiger partial charge in [0.1, 0.15) is 0 Å². The Morgan fingerprint density at radius 2 is 2.25 bits per heavy atom. The highest BCUT2D eigenvalue weighted by Crippen LogP contribution is 2.18. The van der Waals surface area contributed by atoms with Crippen molar-refractivity contribution in [1.82, 2.24) is 5.32 Å². The number of amides is 2. The third-order valence-corrected chi connectivity index (χ3v) is 2.62. The fraction of sp³-hybridized carbons (Fsp3) is 0.800. The first-order chi connectivity index (χ1) is 7.43. The first-order valence-electron chi connectivity index (χ1n) is 5.37. The number of nitrogens with two attached hydrogens (primary N) is 2. The van der Waals surface area contributed by atoms with Gasteiger partial charge in [0.15, 0.2) is 0 Å². The maximum Gasteiger partial charge on any atom is 0.237 e. The summed E-state index contributed by atoms with van der Waals surface area (Å²) in [4.78, 5) is 22.3. The molecule has 0 aromatic heterocycles. The standard InChI is InChI=1S/C10H19N3O3/c1-10(3-2-4-16-6-10)13-9(15)7(11)5-8(12)14/h7H,2-6,11H2,1H3,(H2,12,14)(H,13,15). The van der Waals surface area contributed by atoms with E-state index in [1.807, 2.05) is 6.92 Å². The molecule has 0 aromatic rings. The zero-order valence-corrected chi connectivity index (χ0v) is 9.49. The molecule has 1 rings (SSSR count). The third kappa shape index (κ3) is 3.79. The average Bonchev–Trinajstić information content (AvgIpc) is 2.16. The van der Waals surface area contributed by atoms with E-state index in [1.54, 1.807) is 0 Å². The molecule has 5 N–H and O–H groups in total. The number of carbonyl (C=O) groups excluding carboxylic acids is 2. The van der Waals surface area contributed by atoms with Gasteiger partial charge in [-0.2, -0.15) is 0 Å². The van der Waals surface area contributed by atoms with Crippen molar-refractivity contribution in [2.24, 2.45) is 11.5 Å². The maximum absolute atomic E-state index is 11.7. The first-order valence-corrected chi connectivity index (χ1v) is 5.37. The summed E-state index contributed by atoms with van der Waals surface area (Å²) in [5.41, 5.74) is 10.1. The highest BCUT2D eigenvalue weighted by molar-refractivity contribution is 5.87. The molecular weight excluding hydrogens is 210 g/mol. The summed E-state index contributed by atoms with van der Waals surface area (Å²) in [6, 6.07) is -0.878. The summed E-state index contributed by atoms with van der Waals surface area (Å²) in [5.74, 6) is -0.931. The van der Waals surface area contributed by atoms with Crippen LogP contribution < -0.4 is 16.8 Å². The average molecular weight is 229 g/mol. The second kappa shape index (κ2) is 5.27. The Labute approximate surface area is 94.7 Å². The number of rotatable bonds is 4. The van der Waals surface area contributed by atoms with Crippen molar-refractivity contribution in [3.05, 3.63) is 0 Å². The Kier molecular flexibility index (Phi) is 4.26. The zero-order valence-electron chi connectivity index (χ0n) is 9.49. The van der Waals surface area contributed by atoms with Crippen molar-refractivity contribution >= 4 is 11.8 Å². The molecule has 6 nitrogen and oxygen atoms in total. The summed E-state index contributed by atoms with van der Waals surface area (Å²) >= 11 is 0. The van der Waals surface area contributed by atoms with Crippen LogP contribution in [0.1, 0.15) is 26.2 Å². The number of primary amides is 1. The van der Waals surface area contributed by atoms with E-state index < -0.39 is 11.9 Å². The predicted octanol–water partition coefficient (Wildman–Crippen LogP) is -1.13. The topological polar surface area (TPSA) is 107 Å². The Bertz CT molecular complexity index is 274. The quantitative estimate of drug-likeness (QED) is 0.567.